The second-order valence-electron chi connectivity index (χ2n) is 4.50. The molecule has 98 valence electrons. The van der Waals surface area contributed by atoms with Crippen molar-refractivity contribution in [3.8, 4) is 5.75 Å². The number of aromatic hydroxyl groups is 1. The van der Waals surface area contributed by atoms with Gasteiger partial charge in [-0.1, -0.05) is 0 Å². The Kier molecular flexibility index (Phi) is 3.75. The highest BCUT2D eigenvalue weighted by molar-refractivity contribution is 5.89. The molecule has 0 aliphatic carbocycles. The molecule has 18 heavy (non-hydrogen) atoms. The van der Waals surface area contributed by atoms with Crippen molar-refractivity contribution in [3.05, 3.63) is 17.8 Å². The topological polar surface area (TPSA) is 109 Å². The summed E-state index contributed by atoms with van der Waals surface area (Å²) in [5, 5.41) is 20.3. The minimum atomic E-state index is -1.26. The number of anilines is 1. The predicted octanol–water partition coefficient (Wildman–Crippen LogP) is 1.83. The number of hydrogen-bond donors (Lipinski definition) is 3. The van der Waals surface area contributed by atoms with E-state index in [1.807, 2.05) is 0 Å². The van der Waals surface area contributed by atoms with Crippen LogP contribution in [0.4, 0.5) is 10.6 Å². The lowest BCUT2D eigenvalue weighted by atomic mass is 10.2. The van der Waals surface area contributed by atoms with Crippen LogP contribution in [0.3, 0.4) is 0 Å². The maximum atomic E-state index is 11.4. The fraction of sp³-hybridized carbons (Fsp3) is 0.364. The number of carboxylic acids is 1. The third kappa shape index (κ3) is 3.93. The van der Waals surface area contributed by atoms with Gasteiger partial charge in [-0.3, -0.25) is 5.32 Å². The fourth-order valence-corrected chi connectivity index (χ4v) is 1.06. The lowest BCUT2D eigenvalue weighted by molar-refractivity contribution is 0.0630. The van der Waals surface area contributed by atoms with Gasteiger partial charge >= 0.3 is 12.1 Å². The maximum Gasteiger partial charge on any atom is 0.413 e. The van der Waals surface area contributed by atoms with Gasteiger partial charge in [-0.15, -0.1) is 0 Å². The summed E-state index contributed by atoms with van der Waals surface area (Å²) in [6.07, 6.45) is -0.826. The molecule has 0 atom stereocenters. The zero-order valence-electron chi connectivity index (χ0n) is 10.2. The molecule has 0 spiro atoms. The van der Waals surface area contributed by atoms with E-state index in [4.69, 9.17) is 9.84 Å². The van der Waals surface area contributed by atoms with Crippen molar-refractivity contribution in [2.24, 2.45) is 0 Å². The number of amides is 1. The SMILES string of the molecule is CC(C)(C)OC(=O)Nc1nc(C(=O)O)ccc1O. The molecule has 0 radical (unpaired) electrons. The molecule has 1 aromatic heterocycles. The minimum Gasteiger partial charge on any atom is -0.504 e. The van der Waals surface area contributed by atoms with Gasteiger partial charge in [0.1, 0.15) is 5.60 Å². The van der Waals surface area contributed by atoms with Crippen LogP contribution < -0.4 is 5.32 Å². The zero-order valence-corrected chi connectivity index (χ0v) is 10.2. The highest BCUT2D eigenvalue weighted by Gasteiger charge is 2.18. The minimum absolute atomic E-state index is 0.260. The number of aromatic nitrogens is 1. The quantitative estimate of drug-likeness (QED) is 0.742. The van der Waals surface area contributed by atoms with E-state index < -0.39 is 17.7 Å². The molecular weight excluding hydrogens is 240 g/mol. The summed E-state index contributed by atoms with van der Waals surface area (Å²) in [4.78, 5) is 25.7. The number of carbonyl (C=O) groups is 2. The van der Waals surface area contributed by atoms with Crippen LogP contribution in [0.1, 0.15) is 31.3 Å². The van der Waals surface area contributed by atoms with Crippen molar-refractivity contribution in [1.29, 1.82) is 0 Å². The molecule has 0 fully saturated rings. The van der Waals surface area contributed by atoms with E-state index in [2.05, 4.69) is 10.3 Å². The van der Waals surface area contributed by atoms with Crippen LogP contribution in [0.2, 0.25) is 0 Å². The smallest absolute Gasteiger partial charge is 0.413 e. The van der Waals surface area contributed by atoms with Gasteiger partial charge in [0.2, 0.25) is 0 Å². The fourth-order valence-electron chi connectivity index (χ4n) is 1.06. The van der Waals surface area contributed by atoms with Crippen molar-refractivity contribution in [3.63, 3.8) is 0 Å². The number of hydrogen-bond acceptors (Lipinski definition) is 5. The van der Waals surface area contributed by atoms with E-state index in [0.29, 0.717) is 0 Å². The first kappa shape index (κ1) is 13.8. The summed E-state index contributed by atoms with van der Waals surface area (Å²) in [7, 11) is 0. The largest absolute Gasteiger partial charge is 0.504 e. The number of nitrogens with one attached hydrogen (secondary N) is 1. The van der Waals surface area contributed by atoms with E-state index in [9.17, 15) is 14.7 Å². The molecule has 0 aliphatic rings. The maximum absolute atomic E-state index is 11.4. The number of rotatable bonds is 2. The summed E-state index contributed by atoms with van der Waals surface area (Å²) < 4.78 is 4.95. The van der Waals surface area contributed by atoms with Crippen molar-refractivity contribution in [2.45, 2.75) is 26.4 Å². The average molecular weight is 254 g/mol. The summed E-state index contributed by atoms with van der Waals surface area (Å²) in [5.41, 5.74) is -0.997. The molecule has 0 saturated carbocycles. The Morgan fingerprint density at radius 2 is 1.94 bits per heavy atom. The molecule has 7 heteroatoms. The Labute approximate surface area is 103 Å². The molecule has 3 N–H and O–H groups in total. The Morgan fingerprint density at radius 1 is 1.33 bits per heavy atom. The van der Waals surface area contributed by atoms with Crippen LogP contribution in [0, 0.1) is 0 Å². The standard InChI is InChI=1S/C11H14N2O5/c1-11(2,3)18-10(17)13-8-7(14)5-4-6(12-8)9(15)16/h4-5,14H,1-3H3,(H,15,16)(H,12,13,17). The lowest BCUT2D eigenvalue weighted by Crippen LogP contribution is -2.27. The summed E-state index contributed by atoms with van der Waals surface area (Å²) in [5.74, 6) is -1.86. The van der Waals surface area contributed by atoms with Crippen LogP contribution in [0.5, 0.6) is 5.75 Å². The molecule has 1 rings (SSSR count). The van der Waals surface area contributed by atoms with Crippen molar-refractivity contribution >= 4 is 17.9 Å². The number of aromatic carboxylic acids is 1. The predicted molar refractivity (Wildman–Crippen MR) is 62.7 cm³/mol. The molecule has 0 aliphatic heterocycles. The van der Waals surface area contributed by atoms with Crippen LogP contribution in [0.25, 0.3) is 0 Å². The molecule has 1 amide bonds. The van der Waals surface area contributed by atoms with Gasteiger partial charge in [-0.25, -0.2) is 14.6 Å². The Balaban J connectivity index is 2.87. The number of pyridine rings is 1. The highest BCUT2D eigenvalue weighted by Crippen LogP contribution is 2.21. The van der Waals surface area contributed by atoms with Crippen molar-refractivity contribution in [2.75, 3.05) is 5.32 Å². The lowest BCUT2D eigenvalue weighted by Gasteiger charge is -2.19. The third-order valence-electron chi connectivity index (χ3n) is 1.71. The average Bonchev–Trinajstić information content (AvgIpc) is 2.18. The molecule has 0 bridgehead atoms. The number of carboxylic acid groups (broad SMARTS) is 1. The first-order valence-electron chi connectivity index (χ1n) is 5.12. The van der Waals surface area contributed by atoms with E-state index in [-0.39, 0.29) is 17.3 Å². The normalized spacial score (nSPS) is 10.8. The molecule has 0 aromatic carbocycles. The molecule has 0 unspecified atom stereocenters. The van der Waals surface area contributed by atoms with Gasteiger partial charge in [-0.2, -0.15) is 0 Å². The van der Waals surface area contributed by atoms with Gasteiger partial charge in [0.05, 0.1) is 0 Å². The van der Waals surface area contributed by atoms with Crippen LogP contribution in [-0.2, 0) is 4.74 Å². The Bertz CT molecular complexity index is 479. The highest BCUT2D eigenvalue weighted by atomic mass is 16.6. The van der Waals surface area contributed by atoms with Gasteiger partial charge in [0.15, 0.2) is 17.3 Å². The van der Waals surface area contributed by atoms with Crippen molar-refractivity contribution < 1.29 is 24.5 Å². The van der Waals surface area contributed by atoms with Gasteiger partial charge < -0.3 is 14.9 Å². The number of ether oxygens (including phenoxy) is 1. The first-order chi connectivity index (χ1) is 8.19. The van der Waals surface area contributed by atoms with Crippen LogP contribution in [-0.4, -0.2) is 32.9 Å². The van der Waals surface area contributed by atoms with E-state index in [0.717, 1.165) is 12.1 Å². The van der Waals surface area contributed by atoms with Crippen molar-refractivity contribution in [1.82, 2.24) is 4.98 Å². The zero-order chi connectivity index (χ0) is 13.9. The van der Waals surface area contributed by atoms with E-state index >= 15 is 0 Å². The third-order valence-corrected chi connectivity index (χ3v) is 1.71. The Hall–Kier alpha value is -2.31. The summed E-state index contributed by atoms with van der Waals surface area (Å²) in [6.45, 7) is 5.02. The Morgan fingerprint density at radius 3 is 2.44 bits per heavy atom. The summed E-state index contributed by atoms with van der Waals surface area (Å²) in [6, 6.07) is 2.25. The van der Waals surface area contributed by atoms with Gasteiger partial charge in [-0.05, 0) is 32.9 Å². The number of carbonyl (C=O) groups excluding carboxylic acids is 1. The van der Waals surface area contributed by atoms with Crippen LogP contribution in [0.15, 0.2) is 12.1 Å². The number of nitrogens with zero attached hydrogens (tertiary/aromatic N) is 1. The molecular formula is C11H14N2O5. The van der Waals surface area contributed by atoms with E-state index in [1.54, 1.807) is 20.8 Å². The second-order valence-corrected chi connectivity index (χ2v) is 4.50. The summed E-state index contributed by atoms with van der Waals surface area (Å²) >= 11 is 0. The van der Waals surface area contributed by atoms with Gasteiger partial charge in [0.25, 0.3) is 0 Å². The monoisotopic (exact) mass is 254 g/mol. The first-order valence-corrected chi connectivity index (χ1v) is 5.12. The van der Waals surface area contributed by atoms with E-state index in [1.165, 1.54) is 0 Å². The molecule has 0 saturated heterocycles. The van der Waals surface area contributed by atoms with Crippen LogP contribution >= 0.6 is 0 Å². The van der Waals surface area contributed by atoms with Gasteiger partial charge in [0, 0.05) is 0 Å². The molecule has 1 aromatic rings. The molecule has 7 nitrogen and oxygen atoms in total. The second kappa shape index (κ2) is 4.91. The molecule has 1 heterocycles.